The van der Waals surface area contributed by atoms with Gasteiger partial charge in [0.05, 0.1) is 19.3 Å². The van der Waals surface area contributed by atoms with E-state index in [1.54, 1.807) is 17.9 Å². The van der Waals surface area contributed by atoms with Gasteiger partial charge in [0.2, 0.25) is 12.7 Å². The monoisotopic (exact) mass is 448 g/mol. The first-order valence-corrected chi connectivity index (χ1v) is 10.7. The molecule has 1 atom stereocenters. The minimum atomic E-state index is -0.973. The van der Waals surface area contributed by atoms with Crippen molar-refractivity contribution in [2.45, 2.75) is 18.9 Å². The van der Waals surface area contributed by atoms with Gasteiger partial charge in [-0.1, -0.05) is 23.4 Å². The smallest absolute Gasteiger partial charge is 0.358 e. The largest absolute Gasteiger partial charge is 0.491 e. The summed E-state index contributed by atoms with van der Waals surface area (Å²) in [6.07, 6.45) is 1.36. The van der Waals surface area contributed by atoms with Crippen LogP contribution in [0, 0.1) is 0 Å². The maximum atomic E-state index is 14.0. The Morgan fingerprint density at radius 1 is 1.09 bits per heavy atom. The third-order valence-electron chi connectivity index (χ3n) is 6.28. The molecule has 3 aliphatic rings. The summed E-state index contributed by atoms with van der Waals surface area (Å²) in [4.78, 5) is 27.9. The second kappa shape index (κ2) is 7.22. The zero-order valence-corrected chi connectivity index (χ0v) is 17.8. The van der Waals surface area contributed by atoms with Crippen molar-refractivity contribution in [1.29, 1.82) is 0 Å². The molecule has 6 rings (SSSR count). The average Bonchev–Trinajstić information content (AvgIpc) is 3.59. The van der Waals surface area contributed by atoms with Crippen molar-refractivity contribution in [2.24, 2.45) is 0 Å². The predicted octanol–water partition coefficient (Wildman–Crippen LogP) is 1.91. The van der Waals surface area contributed by atoms with E-state index in [9.17, 15) is 9.59 Å². The Balaban J connectivity index is 1.36. The van der Waals surface area contributed by atoms with Crippen LogP contribution in [-0.2, 0) is 21.5 Å². The second-order valence-corrected chi connectivity index (χ2v) is 7.93. The first kappa shape index (κ1) is 19.6. The van der Waals surface area contributed by atoms with Crippen molar-refractivity contribution in [3.63, 3.8) is 0 Å². The lowest BCUT2D eigenvalue weighted by molar-refractivity contribution is -0.122. The van der Waals surface area contributed by atoms with Crippen LogP contribution in [0.5, 0.6) is 17.2 Å². The normalized spacial score (nSPS) is 19.5. The van der Waals surface area contributed by atoms with E-state index in [1.807, 2.05) is 30.3 Å². The molecule has 0 fully saturated rings. The fraction of sp³-hybridized carbons (Fsp3) is 0.304. The molecule has 10 heteroatoms. The number of para-hydroxylation sites is 1. The Kier molecular flexibility index (Phi) is 4.29. The maximum absolute atomic E-state index is 14.0. The molecule has 1 aromatic heterocycles. The first-order chi connectivity index (χ1) is 16.1. The summed E-state index contributed by atoms with van der Waals surface area (Å²) >= 11 is 0. The molecular weight excluding hydrogens is 428 g/mol. The summed E-state index contributed by atoms with van der Waals surface area (Å²) in [6, 6.07) is 11.3. The second-order valence-electron chi connectivity index (χ2n) is 7.93. The van der Waals surface area contributed by atoms with E-state index in [1.165, 1.54) is 10.9 Å². The average molecular weight is 448 g/mol. The summed E-state index contributed by atoms with van der Waals surface area (Å²) < 4.78 is 23.5. The third-order valence-corrected chi connectivity index (χ3v) is 6.28. The van der Waals surface area contributed by atoms with Gasteiger partial charge in [-0.05, 0) is 24.6 Å². The van der Waals surface area contributed by atoms with Gasteiger partial charge in [0.25, 0.3) is 0 Å². The van der Waals surface area contributed by atoms with Crippen molar-refractivity contribution in [3.05, 3.63) is 59.4 Å². The van der Waals surface area contributed by atoms with E-state index in [0.29, 0.717) is 23.8 Å². The quantitative estimate of drug-likeness (QED) is 0.545. The molecular formula is C23H20N4O6. The van der Waals surface area contributed by atoms with Crippen LogP contribution in [0.3, 0.4) is 0 Å². The number of amides is 1. The number of carbonyl (C=O) groups excluding carboxylic acids is 2. The molecule has 168 valence electrons. The summed E-state index contributed by atoms with van der Waals surface area (Å²) in [5.41, 5.74) is 1.71. The van der Waals surface area contributed by atoms with E-state index >= 15 is 0 Å². The fourth-order valence-corrected chi connectivity index (χ4v) is 4.77. The van der Waals surface area contributed by atoms with Gasteiger partial charge >= 0.3 is 5.97 Å². The third kappa shape index (κ3) is 2.73. The Labute approximate surface area is 188 Å². The van der Waals surface area contributed by atoms with Crippen LogP contribution in [0.15, 0.2) is 42.6 Å². The Morgan fingerprint density at radius 2 is 1.91 bits per heavy atom. The molecule has 1 unspecified atom stereocenters. The number of fused-ring (bicyclic) bond motifs is 5. The van der Waals surface area contributed by atoms with Gasteiger partial charge in [0, 0.05) is 23.9 Å². The molecule has 0 aliphatic carbocycles. The van der Waals surface area contributed by atoms with Crippen molar-refractivity contribution in [1.82, 2.24) is 15.0 Å². The molecule has 0 N–H and O–H groups in total. The predicted molar refractivity (Wildman–Crippen MR) is 114 cm³/mol. The lowest BCUT2D eigenvalue weighted by Crippen LogP contribution is -2.43. The van der Waals surface area contributed by atoms with Gasteiger partial charge in [0.15, 0.2) is 17.2 Å². The van der Waals surface area contributed by atoms with Crippen molar-refractivity contribution in [3.8, 4) is 17.2 Å². The first-order valence-electron chi connectivity index (χ1n) is 10.7. The SMILES string of the molecule is CCOC(=O)c1cnnn1CCN1C(=O)C2(COc3cc4c(cc32)OCO4)c2ccccc21. The van der Waals surface area contributed by atoms with E-state index in [4.69, 9.17) is 18.9 Å². The molecule has 1 amide bonds. The summed E-state index contributed by atoms with van der Waals surface area (Å²) in [5.74, 6) is 1.23. The molecule has 2 aromatic carbocycles. The van der Waals surface area contributed by atoms with Crippen LogP contribution >= 0.6 is 0 Å². The van der Waals surface area contributed by atoms with Crippen LogP contribution in [0.2, 0.25) is 0 Å². The Hall–Kier alpha value is -4.08. The molecule has 33 heavy (non-hydrogen) atoms. The zero-order valence-electron chi connectivity index (χ0n) is 17.8. The van der Waals surface area contributed by atoms with Crippen LogP contribution in [0.25, 0.3) is 0 Å². The summed E-state index contributed by atoms with van der Waals surface area (Å²) in [6.45, 7) is 2.89. The van der Waals surface area contributed by atoms with Crippen molar-refractivity contribution in [2.75, 3.05) is 31.5 Å². The van der Waals surface area contributed by atoms with Crippen molar-refractivity contribution >= 4 is 17.6 Å². The number of hydrogen-bond acceptors (Lipinski definition) is 8. The molecule has 0 saturated heterocycles. The fourth-order valence-electron chi connectivity index (χ4n) is 4.77. The molecule has 1 spiro atoms. The summed E-state index contributed by atoms with van der Waals surface area (Å²) in [5, 5.41) is 7.83. The number of anilines is 1. The van der Waals surface area contributed by atoms with Gasteiger partial charge in [-0.2, -0.15) is 0 Å². The van der Waals surface area contributed by atoms with E-state index in [0.717, 1.165) is 16.8 Å². The number of esters is 1. The van der Waals surface area contributed by atoms with Gasteiger partial charge in [-0.3, -0.25) is 4.79 Å². The van der Waals surface area contributed by atoms with E-state index in [2.05, 4.69) is 10.3 Å². The molecule has 3 aromatic rings. The molecule has 0 radical (unpaired) electrons. The lowest BCUT2D eigenvalue weighted by Gasteiger charge is -2.23. The van der Waals surface area contributed by atoms with E-state index in [-0.39, 0.29) is 38.2 Å². The van der Waals surface area contributed by atoms with Crippen LogP contribution in [0.4, 0.5) is 5.69 Å². The van der Waals surface area contributed by atoms with Crippen LogP contribution < -0.4 is 19.1 Å². The number of rotatable bonds is 5. The highest BCUT2D eigenvalue weighted by atomic mass is 16.7. The van der Waals surface area contributed by atoms with Gasteiger partial charge in [0.1, 0.15) is 17.8 Å². The topological polar surface area (TPSA) is 105 Å². The van der Waals surface area contributed by atoms with Crippen LogP contribution in [0.1, 0.15) is 28.5 Å². The van der Waals surface area contributed by atoms with Gasteiger partial charge in [-0.15, -0.1) is 5.10 Å². The maximum Gasteiger partial charge on any atom is 0.358 e. The Morgan fingerprint density at radius 3 is 2.76 bits per heavy atom. The minimum Gasteiger partial charge on any atom is -0.491 e. The number of carbonyl (C=O) groups is 2. The van der Waals surface area contributed by atoms with Crippen molar-refractivity contribution < 1.29 is 28.5 Å². The molecule has 4 heterocycles. The molecule has 0 bridgehead atoms. The minimum absolute atomic E-state index is 0.0980. The molecule has 0 saturated carbocycles. The Bertz CT molecular complexity index is 1290. The number of ether oxygens (including phenoxy) is 4. The van der Waals surface area contributed by atoms with E-state index < -0.39 is 11.4 Å². The van der Waals surface area contributed by atoms with Gasteiger partial charge < -0.3 is 23.8 Å². The number of hydrogen-bond donors (Lipinski definition) is 0. The number of benzene rings is 2. The van der Waals surface area contributed by atoms with Gasteiger partial charge in [-0.25, -0.2) is 9.48 Å². The molecule has 10 nitrogen and oxygen atoms in total. The number of aromatic nitrogens is 3. The lowest BCUT2D eigenvalue weighted by atomic mass is 9.77. The molecule has 3 aliphatic heterocycles. The highest BCUT2D eigenvalue weighted by molar-refractivity contribution is 6.11. The summed E-state index contributed by atoms with van der Waals surface area (Å²) in [7, 11) is 0. The highest BCUT2D eigenvalue weighted by Gasteiger charge is 2.57. The van der Waals surface area contributed by atoms with Crippen LogP contribution in [-0.4, -0.2) is 53.4 Å². The highest BCUT2D eigenvalue weighted by Crippen LogP contribution is 2.54. The zero-order chi connectivity index (χ0) is 22.6. The number of nitrogens with zero attached hydrogens (tertiary/aromatic N) is 4. The standard InChI is InChI=1S/C23H20N4O6/c1-2-30-21(28)17-11-24-25-27(17)8-7-26-16-6-4-3-5-14(16)23(22(26)29)12-31-18-10-20-19(9-15(18)23)32-13-33-20/h3-6,9-11H,2,7-8,12-13H2,1H3.